The molecule has 0 aliphatic heterocycles. The van der Waals surface area contributed by atoms with Gasteiger partial charge in [-0.3, -0.25) is 0 Å². The molecule has 28 heavy (non-hydrogen) atoms. The number of hydrogen-bond acceptors (Lipinski definition) is 3. The highest BCUT2D eigenvalue weighted by molar-refractivity contribution is 7.89. The van der Waals surface area contributed by atoms with E-state index in [4.69, 9.17) is 4.74 Å². The second-order valence-corrected chi connectivity index (χ2v) is 12.6. The first-order chi connectivity index (χ1) is 13.3. The van der Waals surface area contributed by atoms with Crippen LogP contribution in [-0.4, -0.2) is 43.8 Å². The van der Waals surface area contributed by atoms with Crippen LogP contribution in [0.3, 0.4) is 0 Å². The molecule has 4 rings (SSSR count). The summed E-state index contributed by atoms with van der Waals surface area (Å²) in [5, 5.41) is 0. The quantitative estimate of drug-likeness (QED) is 0.609. The first kappa shape index (κ1) is 21.1. The number of hydrogen-bond donors (Lipinski definition) is 0. The number of rotatable bonds is 6. The molecule has 0 heterocycles. The Kier molecular flexibility index (Phi) is 5.92. The van der Waals surface area contributed by atoms with Gasteiger partial charge in [0.05, 0.1) is 11.9 Å². The number of sulfonamides is 1. The van der Waals surface area contributed by atoms with Gasteiger partial charge in [0.2, 0.25) is 10.0 Å². The molecule has 4 aliphatic carbocycles. The van der Waals surface area contributed by atoms with Gasteiger partial charge in [-0.05, 0) is 56.3 Å². The lowest BCUT2D eigenvalue weighted by molar-refractivity contribution is -0.0188. The molecular formula is C23H41NO3S. The highest BCUT2D eigenvalue weighted by Crippen LogP contribution is 2.67. The van der Waals surface area contributed by atoms with Crippen LogP contribution < -0.4 is 0 Å². The van der Waals surface area contributed by atoms with Crippen molar-refractivity contribution in [2.45, 2.75) is 116 Å². The second kappa shape index (κ2) is 7.85. The zero-order valence-electron chi connectivity index (χ0n) is 18.3. The maximum absolute atomic E-state index is 14.1. The van der Waals surface area contributed by atoms with E-state index in [2.05, 4.69) is 18.2 Å². The van der Waals surface area contributed by atoms with Gasteiger partial charge in [-0.1, -0.05) is 52.4 Å². The zero-order chi connectivity index (χ0) is 20.0. The molecule has 0 spiro atoms. The van der Waals surface area contributed by atoms with Crippen LogP contribution in [0.25, 0.3) is 0 Å². The number of fused-ring (bicyclic) bond motifs is 2. The Hall–Kier alpha value is -0.130. The lowest BCUT2D eigenvalue weighted by atomic mass is 9.69. The van der Waals surface area contributed by atoms with Gasteiger partial charge in [0.25, 0.3) is 0 Å². The second-order valence-electron chi connectivity index (χ2n) is 10.7. The molecule has 4 nitrogen and oxygen atoms in total. The summed E-state index contributed by atoms with van der Waals surface area (Å²) in [7, 11) is -1.52. The molecule has 0 N–H and O–H groups in total. The predicted octanol–water partition coefficient (Wildman–Crippen LogP) is 5.12. The van der Waals surface area contributed by atoms with Crippen molar-refractivity contribution in [2.24, 2.45) is 16.7 Å². The zero-order valence-corrected chi connectivity index (χ0v) is 19.1. The van der Waals surface area contributed by atoms with Gasteiger partial charge in [-0.2, -0.15) is 4.31 Å². The fourth-order valence-corrected chi connectivity index (χ4v) is 10.3. The van der Waals surface area contributed by atoms with Crippen molar-refractivity contribution in [1.82, 2.24) is 4.31 Å². The summed E-state index contributed by atoms with van der Waals surface area (Å²) in [5.74, 6) is 0.903. The smallest absolute Gasteiger partial charge is 0.215 e. The van der Waals surface area contributed by atoms with Gasteiger partial charge in [0.15, 0.2) is 0 Å². The summed E-state index contributed by atoms with van der Waals surface area (Å²) in [4.78, 5) is 0. The molecule has 0 aromatic rings. The first-order valence-corrected chi connectivity index (χ1v) is 13.5. The van der Waals surface area contributed by atoms with Crippen molar-refractivity contribution in [1.29, 1.82) is 0 Å². The molecular weight excluding hydrogens is 370 g/mol. The van der Waals surface area contributed by atoms with E-state index in [1.165, 1.54) is 38.5 Å². The molecule has 0 aromatic heterocycles. The van der Waals surface area contributed by atoms with Crippen LogP contribution >= 0.6 is 0 Å². The van der Waals surface area contributed by atoms with Gasteiger partial charge in [-0.25, -0.2) is 8.42 Å². The van der Waals surface area contributed by atoms with Crippen LogP contribution in [0, 0.1) is 16.7 Å². The monoisotopic (exact) mass is 411 g/mol. The highest BCUT2D eigenvalue weighted by atomic mass is 32.2. The van der Waals surface area contributed by atoms with Crippen molar-refractivity contribution >= 4 is 10.0 Å². The molecule has 162 valence electrons. The molecule has 0 radical (unpaired) electrons. The number of nitrogens with zero attached hydrogens (tertiary/aromatic N) is 1. The molecule has 5 heteroatoms. The minimum absolute atomic E-state index is 0.0472. The first-order valence-electron chi connectivity index (χ1n) is 11.9. The van der Waals surface area contributed by atoms with E-state index in [1.54, 1.807) is 7.11 Å². The largest absolute Gasteiger partial charge is 0.381 e. The van der Waals surface area contributed by atoms with Crippen LogP contribution in [0.4, 0.5) is 0 Å². The Labute approximate surface area is 172 Å². The van der Waals surface area contributed by atoms with Crippen molar-refractivity contribution in [3.8, 4) is 0 Å². The molecule has 3 unspecified atom stereocenters. The fourth-order valence-electron chi connectivity index (χ4n) is 7.49. The van der Waals surface area contributed by atoms with Crippen LogP contribution in [0.5, 0.6) is 0 Å². The van der Waals surface area contributed by atoms with Gasteiger partial charge >= 0.3 is 0 Å². The van der Waals surface area contributed by atoms with E-state index in [-0.39, 0.29) is 29.0 Å². The summed E-state index contributed by atoms with van der Waals surface area (Å²) in [6.45, 7) is 4.62. The Balaban J connectivity index is 1.65. The van der Waals surface area contributed by atoms with E-state index >= 15 is 0 Å². The van der Waals surface area contributed by atoms with E-state index in [0.717, 1.165) is 44.9 Å². The van der Waals surface area contributed by atoms with Crippen molar-refractivity contribution < 1.29 is 13.2 Å². The Morgan fingerprint density at radius 2 is 1.43 bits per heavy atom. The molecule has 0 amide bonds. The average molecular weight is 412 g/mol. The summed E-state index contributed by atoms with van der Waals surface area (Å²) in [6, 6.07) is 0.474. The maximum Gasteiger partial charge on any atom is 0.215 e. The molecule has 4 saturated carbocycles. The Morgan fingerprint density at radius 3 is 1.89 bits per heavy atom. The standard InChI is InChI=1S/C23H41NO3S/c1-22(2)18-14-15-23(22,21(16-18)27-3)17-28(25,26)24(19-10-6-4-7-11-19)20-12-8-5-9-13-20/h18-21H,4-17H2,1-3H3. The Bertz CT molecular complexity index is 631. The minimum atomic E-state index is -3.31. The molecule has 4 fully saturated rings. The normalized spacial score (nSPS) is 37.0. The lowest BCUT2D eigenvalue weighted by Gasteiger charge is -2.46. The van der Waals surface area contributed by atoms with E-state index in [0.29, 0.717) is 11.7 Å². The topological polar surface area (TPSA) is 46.6 Å². The highest BCUT2D eigenvalue weighted by Gasteiger charge is 2.66. The number of ether oxygens (including phenoxy) is 1. The summed E-state index contributed by atoms with van der Waals surface area (Å²) in [6.07, 6.45) is 14.8. The lowest BCUT2D eigenvalue weighted by Crippen LogP contribution is -2.54. The summed E-state index contributed by atoms with van der Waals surface area (Å²) < 4.78 is 36.2. The molecule has 2 bridgehead atoms. The summed E-state index contributed by atoms with van der Waals surface area (Å²) in [5.41, 5.74) is -0.168. The van der Waals surface area contributed by atoms with Gasteiger partial charge in [-0.15, -0.1) is 0 Å². The molecule has 0 aromatic carbocycles. The average Bonchev–Trinajstić information content (AvgIpc) is 3.03. The fraction of sp³-hybridized carbons (Fsp3) is 1.00. The third-order valence-corrected chi connectivity index (χ3v) is 11.4. The van der Waals surface area contributed by atoms with Crippen molar-refractivity contribution in [2.75, 3.05) is 12.9 Å². The third-order valence-electron chi connectivity index (χ3n) is 9.27. The maximum atomic E-state index is 14.1. The summed E-state index contributed by atoms with van der Waals surface area (Å²) >= 11 is 0. The van der Waals surface area contributed by atoms with Crippen LogP contribution in [0.2, 0.25) is 0 Å². The van der Waals surface area contributed by atoms with Crippen molar-refractivity contribution in [3.63, 3.8) is 0 Å². The van der Waals surface area contributed by atoms with Gasteiger partial charge in [0.1, 0.15) is 0 Å². The molecule has 0 saturated heterocycles. The number of methoxy groups -OCH3 is 1. The van der Waals surface area contributed by atoms with Crippen LogP contribution in [0.1, 0.15) is 97.3 Å². The van der Waals surface area contributed by atoms with Gasteiger partial charge in [0, 0.05) is 24.6 Å². The van der Waals surface area contributed by atoms with E-state index in [1.807, 2.05) is 0 Å². The van der Waals surface area contributed by atoms with E-state index < -0.39 is 10.0 Å². The SMILES string of the molecule is COC1CC2CCC1(CS(=O)(=O)N(C1CCCCC1)C1CCCCC1)C2(C)C. The van der Waals surface area contributed by atoms with E-state index in [9.17, 15) is 8.42 Å². The third kappa shape index (κ3) is 3.37. The van der Waals surface area contributed by atoms with Crippen LogP contribution in [0.15, 0.2) is 0 Å². The van der Waals surface area contributed by atoms with Gasteiger partial charge < -0.3 is 4.74 Å². The molecule has 3 atom stereocenters. The van der Waals surface area contributed by atoms with Crippen molar-refractivity contribution in [3.05, 3.63) is 0 Å². The Morgan fingerprint density at radius 1 is 0.893 bits per heavy atom. The predicted molar refractivity (Wildman–Crippen MR) is 114 cm³/mol. The van der Waals surface area contributed by atoms with Crippen LogP contribution in [-0.2, 0) is 14.8 Å². The minimum Gasteiger partial charge on any atom is -0.381 e. The molecule has 4 aliphatic rings.